The van der Waals surface area contributed by atoms with Crippen molar-refractivity contribution in [1.29, 1.82) is 0 Å². The molecule has 7 nitrogen and oxygen atoms in total. The maximum absolute atomic E-state index is 14.4. The Labute approximate surface area is 168 Å². The van der Waals surface area contributed by atoms with Crippen LogP contribution < -0.4 is 22.1 Å². The largest absolute Gasteiger partial charge is 0.365 e. The third kappa shape index (κ3) is 4.85. The number of nitrogens with zero attached hydrogens (tertiary/aromatic N) is 2. The number of rotatable bonds is 7. The molecule has 0 radical (unpaired) electrons. The Hall–Kier alpha value is -3.52. The van der Waals surface area contributed by atoms with Crippen LogP contribution in [-0.4, -0.2) is 28.0 Å². The molecule has 0 aliphatic rings. The summed E-state index contributed by atoms with van der Waals surface area (Å²) >= 11 is 0. The minimum absolute atomic E-state index is 0.0190. The molecule has 6 N–H and O–H groups in total. The van der Waals surface area contributed by atoms with Gasteiger partial charge in [0, 0.05) is 23.8 Å². The Morgan fingerprint density at radius 3 is 2.45 bits per heavy atom. The molecule has 3 aromatic rings. The maximum Gasteiger partial charge on any atom is 0.252 e. The number of aromatic nitrogens is 2. The first-order valence-corrected chi connectivity index (χ1v) is 9.15. The second kappa shape index (κ2) is 8.66. The topological polar surface area (TPSA) is 119 Å². The van der Waals surface area contributed by atoms with Crippen LogP contribution in [0.3, 0.4) is 0 Å². The fourth-order valence-corrected chi connectivity index (χ4v) is 2.65. The summed E-state index contributed by atoms with van der Waals surface area (Å²) in [4.78, 5) is 20.3. The zero-order chi connectivity index (χ0) is 21.0. The molecule has 0 aliphatic heterocycles. The molecule has 0 fully saturated rings. The SMILES string of the molecule is CC(N)C(C)Nc1nc(Nc2cncc(-c3ccccc3)c2)c(C(N)=O)cc1F. The number of pyridine rings is 2. The lowest BCUT2D eigenvalue weighted by Gasteiger charge is -2.20. The van der Waals surface area contributed by atoms with E-state index in [1.807, 2.05) is 43.3 Å². The molecule has 0 spiro atoms. The van der Waals surface area contributed by atoms with Gasteiger partial charge in [-0.3, -0.25) is 9.78 Å². The maximum atomic E-state index is 14.4. The van der Waals surface area contributed by atoms with Gasteiger partial charge in [0.25, 0.3) is 5.91 Å². The van der Waals surface area contributed by atoms with E-state index in [9.17, 15) is 9.18 Å². The molecule has 0 bridgehead atoms. The normalized spacial score (nSPS) is 12.8. The highest BCUT2D eigenvalue weighted by molar-refractivity contribution is 5.98. The van der Waals surface area contributed by atoms with Crippen molar-refractivity contribution in [3.05, 3.63) is 66.2 Å². The van der Waals surface area contributed by atoms with Gasteiger partial charge < -0.3 is 22.1 Å². The summed E-state index contributed by atoms with van der Waals surface area (Å²) in [7, 11) is 0. The van der Waals surface area contributed by atoms with Gasteiger partial charge in [-0.2, -0.15) is 0 Å². The Morgan fingerprint density at radius 2 is 1.79 bits per heavy atom. The van der Waals surface area contributed by atoms with Crippen LogP contribution in [-0.2, 0) is 0 Å². The first kappa shape index (κ1) is 20.2. The summed E-state index contributed by atoms with van der Waals surface area (Å²) in [5.74, 6) is -1.37. The van der Waals surface area contributed by atoms with Gasteiger partial charge in [-0.15, -0.1) is 0 Å². The van der Waals surface area contributed by atoms with Crippen LogP contribution >= 0.6 is 0 Å². The average Bonchev–Trinajstić information content (AvgIpc) is 2.70. The molecule has 0 saturated carbocycles. The smallest absolute Gasteiger partial charge is 0.252 e. The van der Waals surface area contributed by atoms with Crippen molar-refractivity contribution in [2.75, 3.05) is 10.6 Å². The second-order valence-electron chi connectivity index (χ2n) is 6.82. The zero-order valence-electron chi connectivity index (χ0n) is 16.2. The van der Waals surface area contributed by atoms with Gasteiger partial charge in [0.2, 0.25) is 0 Å². The van der Waals surface area contributed by atoms with Crippen LogP contribution in [0.1, 0.15) is 24.2 Å². The lowest BCUT2D eigenvalue weighted by atomic mass is 10.1. The molecule has 29 heavy (non-hydrogen) atoms. The molecule has 8 heteroatoms. The number of primary amides is 1. The van der Waals surface area contributed by atoms with E-state index < -0.39 is 11.7 Å². The molecule has 0 aliphatic carbocycles. The molecule has 1 aromatic carbocycles. The summed E-state index contributed by atoms with van der Waals surface area (Å²) < 4.78 is 14.4. The Bertz CT molecular complexity index is 1010. The molecule has 2 heterocycles. The van der Waals surface area contributed by atoms with E-state index in [0.29, 0.717) is 5.69 Å². The Balaban J connectivity index is 1.96. The molecule has 3 rings (SSSR count). The van der Waals surface area contributed by atoms with Gasteiger partial charge in [-0.05, 0) is 31.5 Å². The van der Waals surface area contributed by atoms with Crippen molar-refractivity contribution in [3.8, 4) is 11.1 Å². The first-order chi connectivity index (χ1) is 13.8. The second-order valence-corrected chi connectivity index (χ2v) is 6.82. The van der Waals surface area contributed by atoms with Crippen LogP contribution in [0.15, 0.2) is 54.9 Å². The molecule has 2 atom stereocenters. The summed E-state index contributed by atoms with van der Waals surface area (Å²) in [6.45, 7) is 3.61. The van der Waals surface area contributed by atoms with Crippen molar-refractivity contribution in [1.82, 2.24) is 9.97 Å². The number of amides is 1. The van der Waals surface area contributed by atoms with E-state index in [2.05, 4.69) is 20.6 Å². The number of carbonyl (C=O) groups excluding carboxylic acids is 1. The lowest BCUT2D eigenvalue weighted by molar-refractivity contribution is 0.100. The molecule has 0 saturated heterocycles. The van der Waals surface area contributed by atoms with Gasteiger partial charge in [-0.1, -0.05) is 30.3 Å². The van der Waals surface area contributed by atoms with Crippen molar-refractivity contribution in [2.24, 2.45) is 11.5 Å². The van der Waals surface area contributed by atoms with E-state index in [1.54, 1.807) is 19.3 Å². The number of anilines is 3. The van der Waals surface area contributed by atoms with Gasteiger partial charge in [0.1, 0.15) is 5.82 Å². The number of hydrogen-bond donors (Lipinski definition) is 4. The van der Waals surface area contributed by atoms with E-state index in [4.69, 9.17) is 11.5 Å². The summed E-state index contributed by atoms with van der Waals surface area (Å²) in [5.41, 5.74) is 13.6. The van der Waals surface area contributed by atoms with Crippen LogP contribution in [0.5, 0.6) is 0 Å². The van der Waals surface area contributed by atoms with E-state index in [0.717, 1.165) is 17.2 Å². The van der Waals surface area contributed by atoms with Gasteiger partial charge >= 0.3 is 0 Å². The van der Waals surface area contributed by atoms with Crippen molar-refractivity contribution >= 4 is 23.2 Å². The predicted octanol–water partition coefficient (Wildman–Crippen LogP) is 3.27. The van der Waals surface area contributed by atoms with Crippen LogP contribution in [0.25, 0.3) is 11.1 Å². The highest BCUT2D eigenvalue weighted by Crippen LogP contribution is 2.26. The van der Waals surface area contributed by atoms with Crippen molar-refractivity contribution in [3.63, 3.8) is 0 Å². The summed E-state index contributed by atoms with van der Waals surface area (Å²) in [6.07, 6.45) is 3.31. The predicted molar refractivity (Wildman–Crippen MR) is 112 cm³/mol. The Morgan fingerprint density at radius 1 is 1.07 bits per heavy atom. The highest BCUT2D eigenvalue weighted by Gasteiger charge is 2.18. The van der Waals surface area contributed by atoms with E-state index in [-0.39, 0.29) is 29.3 Å². The third-order valence-corrected chi connectivity index (χ3v) is 4.50. The molecule has 2 aromatic heterocycles. The number of nitrogens with two attached hydrogens (primary N) is 2. The number of carbonyl (C=O) groups is 1. The van der Waals surface area contributed by atoms with E-state index >= 15 is 0 Å². The minimum atomic E-state index is -0.794. The summed E-state index contributed by atoms with van der Waals surface area (Å²) in [6, 6.07) is 12.2. The fourth-order valence-electron chi connectivity index (χ4n) is 2.65. The van der Waals surface area contributed by atoms with Crippen molar-refractivity contribution in [2.45, 2.75) is 25.9 Å². The number of hydrogen-bond acceptors (Lipinski definition) is 6. The fraction of sp³-hybridized carbons (Fsp3) is 0.190. The summed E-state index contributed by atoms with van der Waals surface area (Å²) in [5, 5.41) is 5.94. The van der Waals surface area contributed by atoms with Gasteiger partial charge in [0.15, 0.2) is 11.6 Å². The number of benzene rings is 1. The highest BCUT2D eigenvalue weighted by atomic mass is 19.1. The van der Waals surface area contributed by atoms with Gasteiger partial charge in [0.05, 0.1) is 17.4 Å². The lowest BCUT2D eigenvalue weighted by Crippen LogP contribution is -2.35. The average molecular weight is 394 g/mol. The van der Waals surface area contributed by atoms with Crippen LogP contribution in [0, 0.1) is 5.82 Å². The van der Waals surface area contributed by atoms with Crippen LogP contribution in [0.2, 0.25) is 0 Å². The standard InChI is InChI=1S/C21H23FN6O/c1-12(23)13(2)26-21-18(22)9-17(19(24)29)20(28-21)27-16-8-15(10-25-11-16)14-6-4-3-5-7-14/h3-13H,23H2,1-2H3,(H2,24,29)(H2,26,27,28). The van der Waals surface area contributed by atoms with Gasteiger partial charge in [-0.25, -0.2) is 9.37 Å². The minimum Gasteiger partial charge on any atom is -0.365 e. The van der Waals surface area contributed by atoms with E-state index in [1.165, 1.54) is 0 Å². The number of nitrogens with one attached hydrogen (secondary N) is 2. The number of halogens is 1. The molecular formula is C21H23FN6O. The molecule has 2 unspecified atom stereocenters. The zero-order valence-corrected chi connectivity index (χ0v) is 16.2. The monoisotopic (exact) mass is 394 g/mol. The molecular weight excluding hydrogens is 371 g/mol. The molecule has 1 amide bonds. The Kier molecular flexibility index (Phi) is 6.04. The quantitative estimate of drug-likeness (QED) is 0.488. The molecule has 150 valence electrons. The third-order valence-electron chi connectivity index (χ3n) is 4.50. The first-order valence-electron chi connectivity index (χ1n) is 9.15. The van der Waals surface area contributed by atoms with Crippen LogP contribution in [0.4, 0.5) is 21.7 Å². The van der Waals surface area contributed by atoms with Crippen molar-refractivity contribution < 1.29 is 9.18 Å².